The third-order valence-electron chi connectivity index (χ3n) is 4.04. The first kappa shape index (κ1) is 19.2. The minimum absolute atomic E-state index is 0.0215. The van der Waals surface area contributed by atoms with E-state index >= 15 is 0 Å². The molecule has 27 heavy (non-hydrogen) atoms. The highest BCUT2D eigenvalue weighted by molar-refractivity contribution is 7.89. The first-order chi connectivity index (χ1) is 12.5. The highest BCUT2D eigenvalue weighted by Gasteiger charge is 2.29. The molecular weight excluding hydrogens is 394 g/mol. The summed E-state index contributed by atoms with van der Waals surface area (Å²) in [5, 5.41) is 7.17. The Hall–Kier alpha value is -2.60. The Balaban J connectivity index is 1.90. The lowest BCUT2D eigenvalue weighted by Crippen LogP contribution is -2.27. The van der Waals surface area contributed by atoms with Crippen LogP contribution in [0.2, 0.25) is 0 Å². The average molecular weight is 409 g/mol. The topological polar surface area (TPSA) is 152 Å². The van der Waals surface area contributed by atoms with Crippen LogP contribution in [0.25, 0.3) is 0 Å². The van der Waals surface area contributed by atoms with Crippen molar-refractivity contribution < 1.29 is 26.4 Å². The fourth-order valence-corrected chi connectivity index (χ4v) is 4.47. The van der Waals surface area contributed by atoms with Crippen LogP contribution < -0.4 is 15.2 Å². The van der Waals surface area contributed by atoms with E-state index in [-0.39, 0.29) is 20.9 Å². The number of nitrogens with one attached hydrogen (secondary N) is 2. The van der Waals surface area contributed by atoms with Crippen LogP contribution in [-0.4, -0.2) is 28.6 Å². The van der Waals surface area contributed by atoms with Gasteiger partial charge in [-0.05, 0) is 42.8 Å². The number of amides is 2. The predicted molar refractivity (Wildman–Crippen MR) is 94.8 cm³/mol. The van der Waals surface area contributed by atoms with Crippen molar-refractivity contribution in [3.63, 3.8) is 0 Å². The van der Waals surface area contributed by atoms with Gasteiger partial charge in [0.1, 0.15) is 0 Å². The second kappa shape index (κ2) is 6.53. The molecule has 11 heteroatoms. The summed E-state index contributed by atoms with van der Waals surface area (Å²) in [6.45, 7) is 1.53. The van der Waals surface area contributed by atoms with Crippen LogP contribution in [0.3, 0.4) is 0 Å². The molecule has 2 aromatic rings. The summed E-state index contributed by atoms with van der Waals surface area (Å²) < 4.78 is 50.5. The summed E-state index contributed by atoms with van der Waals surface area (Å²) in [6, 6.07) is 8.39. The number of primary sulfonamides is 1. The molecule has 0 radical (unpaired) electrons. The van der Waals surface area contributed by atoms with Crippen LogP contribution in [0.15, 0.2) is 52.3 Å². The minimum atomic E-state index is -4.04. The molecular formula is C16H15N3O6S2. The summed E-state index contributed by atoms with van der Waals surface area (Å²) in [4.78, 5) is 22.9. The standard InChI is InChI=1S/C16H15N3O6S2/c1-9(10-3-2-4-11(7-10)26(17,22)23)19-27(24,25)12-5-6-13-14(8-12)16(21)18-15(13)20/h2-9,19H,1H3,(H2,17,22,23)(H,18,20,21). The molecule has 1 unspecified atom stereocenters. The Kier molecular flexibility index (Phi) is 4.64. The summed E-state index contributed by atoms with van der Waals surface area (Å²) in [5.41, 5.74) is 0.471. The molecule has 0 fully saturated rings. The van der Waals surface area contributed by atoms with Crippen molar-refractivity contribution in [2.24, 2.45) is 5.14 Å². The predicted octanol–water partition coefficient (Wildman–Crippen LogP) is 0.257. The van der Waals surface area contributed by atoms with E-state index in [0.29, 0.717) is 5.56 Å². The Bertz CT molecular complexity index is 1170. The monoisotopic (exact) mass is 409 g/mol. The number of rotatable bonds is 5. The number of imide groups is 1. The number of sulfonamides is 2. The van der Waals surface area contributed by atoms with Crippen molar-refractivity contribution in [1.82, 2.24) is 10.0 Å². The van der Waals surface area contributed by atoms with Gasteiger partial charge in [0.2, 0.25) is 20.0 Å². The summed E-state index contributed by atoms with van der Waals surface area (Å²) in [7, 11) is -7.97. The van der Waals surface area contributed by atoms with Gasteiger partial charge in [-0.3, -0.25) is 14.9 Å². The molecule has 0 spiro atoms. The zero-order valence-electron chi connectivity index (χ0n) is 14.0. The van der Waals surface area contributed by atoms with E-state index in [1.165, 1.54) is 37.3 Å². The van der Waals surface area contributed by atoms with Crippen molar-refractivity contribution in [3.8, 4) is 0 Å². The molecule has 0 bridgehead atoms. The molecule has 1 atom stereocenters. The molecule has 9 nitrogen and oxygen atoms in total. The molecule has 2 amide bonds. The summed E-state index contributed by atoms with van der Waals surface area (Å²) in [6.07, 6.45) is 0. The van der Waals surface area contributed by atoms with Gasteiger partial charge in [0.25, 0.3) is 11.8 Å². The summed E-state index contributed by atoms with van der Waals surface area (Å²) >= 11 is 0. The minimum Gasteiger partial charge on any atom is -0.288 e. The van der Waals surface area contributed by atoms with E-state index in [9.17, 15) is 26.4 Å². The van der Waals surface area contributed by atoms with Crippen molar-refractivity contribution in [2.45, 2.75) is 22.8 Å². The van der Waals surface area contributed by atoms with Gasteiger partial charge >= 0.3 is 0 Å². The number of carbonyl (C=O) groups is 2. The number of benzene rings is 2. The van der Waals surface area contributed by atoms with Gasteiger partial charge in [0.05, 0.1) is 20.9 Å². The maximum absolute atomic E-state index is 12.6. The zero-order chi connectivity index (χ0) is 20.0. The fourth-order valence-electron chi connectivity index (χ4n) is 2.64. The summed E-state index contributed by atoms with van der Waals surface area (Å²) in [5.74, 6) is -1.25. The van der Waals surface area contributed by atoms with Gasteiger partial charge < -0.3 is 0 Å². The van der Waals surface area contributed by atoms with Crippen LogP contribution in [0.5, 0.6) is 0 Å². The number of fused-ring (bicyclic) bond motifs is 1. The molecule has 4 N–H and O–H groups in total. The van der Waals surface area contributed by atoms with Gasteiger partial charge in [-0.15, -0.1) is 0 Å². The Morgan fingerprint density at radius 2 is 1.59 bits per heavy atom. The molecule has 0 aromatic heterocycles. The highest BCUT2D eigenvalue weighted by atomic mass is 32.2. The Morgan fingerprint density at radius 1 is 0.926 bits per heavy atom. The maximum atomic E-state index is 12.6. The second-order valence-electron chi connectivity index (χ2n) is 5.95. The molecule has 142 valence electrons. The van der Waals surface area contributed by atoms with E-state index in [4.69, 9.17) is 5.14 Å². The van der Waals surface area contributed by atoms with Crippen LogP contribution >= 0.6 is 0 Å². The van der Waals surface area contributed by atoms with E-state index < -0.39 is 37.9 Å². The van der Waals surface area contributed by atoms with Gasteiger partial charge in [0, 0.05) is 6.04 Å². The highest BCUT2D eigenvalue weighted by Crippen LogP contribution is 2.23. The first-order valence-corrected chi connectivity index (χ1v) is 10.7. The van der Waals surface area contributed by atoms with Crippen LogP contribution in [0.1, 0.15) is 39.2 Å². The van der Waals surface area contributed by atoms with E-state index in [2.05, 4.69) is 10.0 Å². The molecule has 0 saturated heterocycles. The lowest BCUT2D eigenvalue weighted by molar-refractivity contribution is 0.0879. The Labute approximate surface area is 155 Å². The second-order valence-corrected chi connectivity index (χ2v) is 9.23. The molecule has 3 rings (SSSR count). The number of carbonyl (C=O) groups excluding carboxylic acids is 2. The molecule has 0 saturated carbocycles. The van der Waals surface area contributed by atoms with E-state index in [1.807, 2.05) is 0 Å². The molecule has 1 heterocycles. The van der Waals surface area contributed by atoms with Gasteiger partial charge in [-0.1, -0.05) is 12.1 Å². The average Bonchev–Trinajstić information content (AvgIpc) is 2.88. The maximum Gasteiger partial charge on any atom is 0.258 e. The molecule has 2 aromatic carbocycles. The van der Waals surface area contributed by atoms with Gasteiger partial charge in [-0.25, -0.2) is 26.7 Å². The smallest absolute Gasteiger partial charge is 0.258 e. The lowest BCUT2D eigenvalue weighted by Gasteiger charge is -2.15. The SMILES string of the molecule is CC(NS(=O)(=O)c1ccc2c(c1)C(=O)NC2=O)c1cccc(S(N)(=O)=O)c1. The first-order valence-electron chi connectivity index (χ1n) is 7.64. The van der Waals surface area contributed by atoms with Crippen molar-refractivity contribution >= 4 is 31.9 Å². The number of nitrogens with two attached hydrogens (primary N) is 1. The van der Waals surface area contributed by atoms with Crippen molar-refractivity contribution in [1.29, 1.82) is 0 Å². The van der Waals surface area contributed by atoms with Crippen molar-refractivity contribution in [2.75, 3.05) is 0 Å². The third kappa shape index (κ3) is 3.76. The van der Waals surface area contributed by atoms with E-state index in [1.54, 1.807) is 6.07 Å². The zero-order valence-corrected chi connectivity index (χ0v) is 15.6. The fraction of sp³-hybridized carbons (Fsp3) is 0.125. The lowest BCUT2D eigenvalue weighted by atomic mass is 10.1. The Morgan fingerprint density at radius 3 is 2.26 bits per heavy atom. The van der Waals surface area contributed by atoms with Gasteiger partial charge in [-0.2, -0.15) is 0 Å². The normalized spacial score (nSPS) is 15.3. The quantitative estimate of drug-likeness (QED) is 0.602. The molecule has 1 aliphatic rings. The number of hydrogen-bond acceptors (Lipinski definition) is 6. The van der Waals surface area contributed by atoms with Gasteiger partial charge in [0.15, 0.2) is 0 Å². The van der Waals surface area contributed by atoms with E-state index in [0.717, 1.165) is 6.07 Å². The van der Waals surface area contributed by atoms with Crippen LogP contribution in [0.4, 0.5) is 0 Å². The number of hydrogen-bond donors (Lipinski definition) is 3. The molecule has 0 aliphatic carbocycles. The molecule has 1 aliphatic heterocycles. The van der Waals surface area contributed by atoms with Crippen LogP contribution in [0, 0.1) is 0 Å². The third-order valence-corrected chi connectivity index (χ3v) is 6.49. The largest absolute Gasteiger partial charge is 0.288 e. The van der Waals surface area contributed by atoms with Crippen molar-refractivity contribution in [3.05, 3.63) is 59.2 Å². The van der Waals surface area contributed by atoms with Crippen LogP contribution in [-0.2, 0) is 20.0 Å².